The number of hydrogen-bond donors (Lipinski definition) is 1. The van der Waals surface area contributed by atoms with Crippen molar-refractivity contribution in [1.29, 1.82) is 0 Å². The van der Waals surface area contributed by atoms with Crippen LogP contribution in [0, 0.1) is 0 Å². The molecule has 2 aromatic rings. The van der Waals surface area contributed by atoms with Crippen LogP contribution in [0.1, 0.15) is 18.7 Å². The fourth-order valence-electron chi connectivity index (χ4n) is 1.01. The molecule has 0 spiro atoms. The molecule has 1 unspecified atom stereocenters. The summed E-state index contributed by atoms with van der Waals surface area (Å²) in [6, 6.07) is 2.11. The van der Waals surface area contributed by atoms with E-state index < -0.39 is 0 Å². The summed E-state index contributed by atoms with van der Waals surface area (Å²) < 4.78 is 0. The van der Waals surface area contributed by atoms with E-state index in [1.54, 1.807) is 22.7 Å². The van der Waals surface area contributed by atoms with Gasteiger partial charge in [-0.1, -0.05) is 0 Å². The van der Waals surface area contributed by atoms with Crippen LogP contribution >= 0.6 is 22.7 Å². The van der Waals surface area contributed by atoms with Crippen LogP contribution in [-0.4, -0.2) is 4.98 Å². The first kappa shape index (κ1) is 8.87. The van der Waals surface area contributed by atoms with Gasteiger partial charge >= 0.3 is 0 Å². The summed E-state index contributed by atoms with van der Waals surface area (Å²) >= 11 is 3.34. The third kappa shape index (κ3) is 1.80. The van der Waals surface area contributed by atoms with Gasteiger partial charge in [-0.15, -0.1) is 11.3 Å². The van der Waals surface area contributed by atoms with E-state index in [2.05, 4.69) is 21.8 Å². The average molecular weight is 210 g/mol. The highest BCUT2D eigenvalue weighted by Gasteiger charge is 2.07. The smallest absolute Gasteiger partial charge is 0.124 e. The van der Waals surface area contributed by atoms with E-state index in [1.165, 1.54) is 5.56 Å². The van der Waals surface area contributed by atoms with Crippen LogP contribution in [0.15, 0.2) is 22.2 Å². The van der Waals surface area contributed by atoms with Crippen LogP contribution in [0.25, 0.3) is 10.6 Å². The summed E-state index contributed by atoms with van der Waals surface area (Å²) in [4.78, 5) is 4.45. The lowest BCUT2D eigenvalue weighted by molar-refractivity contribution is 0.790. The number of aromatic nitrogens is 1. The number of nitrogens with two attached hydrogens (primary N) is 1. The van der Waals surface area contributed by atoms with Crippen molar-refractivity contribution < 1.29 is 0 Å². The monoisotopic (exact) mass is 210 g/mol. The van der Waals surface area contributed by atoms with Gasteiger partial charge in [0.05, 0.1) is 5.69 Å². The highest BCUT2D eigenvalue weighted by atomic mass is 32.1. The summed E-state index contributed by atoms with van der Waals surface area (Å²) in [7, 11) is 0. The van der Waals surface area contributed by atoms with E-state index >= 15 is 0 Å². The van der Waals surface area contributed by atoms with Crippen molar-refractivity contribution in [2.75, 3.05) is 0 Å². The van der Waals surface area contributed by atoms with Gasteiger partial charge in [-0.2, -0.15) is 11.3 Å². The van der Waals surface area contributed by atoms with E-state index in [4.69, 9.17) is 5.73 Å². The molecular weight excluding hydrogens is 200 g/mol. The van der Waals surface area contributed by atoms with Crippen molar-refractivity contribution in [3.8, 4) is 10.6 Å². The number of hydrogen-bond acceptors (Lipinski definition) is 4. The zero-order chi connectivity index (χ0) is 9.26. The van der Waals surface area contributed by atoms with Crippen molar-refractivity contribution in [1.82, 2.24) is 4.98 Å². The summed E-state index contributed by atoms with van der Waals surface area (Å²) in [5.41, 5.74) is 7.90. The van der Waals surface area contributed by atoms with Gasteiger partial charge in [0.15, 0.2) is 0 Å². The maximum absolute atomic E-state index is 5.73. The van der Waals surface area contributed by atoms with Gasteiger partial charge in [0.25, 0.3) is 0 Å². The second kappa shape index (κ2) is 3.57. The fraction of sp³-hybridized carbons (Fsp3) is 0.222. The lowest BCUT2D eigenvalue weighted by atomic mass is 10.3. The van der Waals surface area contributed by atoms with Crippen LogP contribution in [0.3, 0.4) is 0 Å². The Kier molecular flexibility index (Phi) is 2.44. The molecule has 0 aromatic carbocycles. The molecule has 68 valence electrons. The minimum atomic E-state index is 0.0311. The topological polar surface area (TPSA) is 38.9 Å². The first-order valence-electron chi connectivity index (χ1n) is 4.01. The van der Waals surface area contributed by atoms with Crippen LogP contribution in [0.4, 0.5) is 0 Å². The molecule has 0 aliphatic carbocycles. The minimum absolute atomic E-state index is 0.0311. The number of thiazole rings is 1. The van der Waals surface area contributed by atoms with Crippen molar-refractivity contribution in [3.63, 3.8) is 0 Å². The second-order valence-corrected chi connectivity index (χ2v) is 4.52. The third-order valence-electron chi connectivity index (χ3n) is 1.76. The highest BCUT2D eigenvalue weighted by molar-refractivity contribution is 7.14. The molecule has 0 saturated carbocycles. The molecule has 2 nitrogen and oxygen atoms in total. The van der Waals surface area contributed by atoms with Crippen molar-refractivity contribution in [2.24, 2.45) is 5.73 Å². The van der Waals surface area contributed by atoms with E-state index in [-0.39, 0.29) is 6.04 Å². The quantitative estimate of drug-likeness (QED) is 0.827. The van der Waals surface area contributed by atoms with Crippen LogP contribution in [0.2, 0.25) is 0 Å². The van der Waals surface area contributed by atoms with E-state index in [0.29, 0.717) is 0 Å². The van der Waals surface area contributed by atoms with Crippen LogP contribution in [0.5, 0.6) is 0 Å². The third-order valence-corrected chi connectivity index (χ3v) is 3.35. The summed E-state index contributed by atoms with van der Waals surface area (Å²) in [6.07, 6.45) is 0. The maximum Gasteiger partial charge on any atom is 0.124 e. The van der Waals surface area contributed by atoms with Crippen molar-refractivity contribution in [3.05, 3.63) is 27.9 Å². The van der Waals surface area contributed by atoms with Gasteiger partial charge in [0.2, 0.25) is 0 Å². The van der Waals surface area contributed by atoms with Gasteiger partial charge in [-0.05, 0) is 18.4 Å². The predicted octanol–water partition coefficient (Wildman–Crippen LogP) is 2.89. The SMILES string of the molecule is CC(N)c1csc(-c2ccsc2)n1. The summed E-state index contributed by atoms with van der Waals surface area (Å²) in [6.45, 7) is 1.95. The molecule has 0 radical (unpaired) electrons. The summed E-state index contributed by atoms with van der Waals surface area (Å²) in [5.74, 6) is 0. The van der Waals surface area contributed by atoms with E-state index in [0.717, 1.165) is 10.7 Å². The minimum Gasteiger partial charge on any atom is -0.323 e. The van der Waals surface area contributed by atoms with Crippen LogP contribution < -0.4 is 5.73 Å². The molecule has 0 fully saturated rings. The van der Waals surface area contributed by atoms with Crippen molar-refractivity contribution in [2.45, 2.75) is 13.0 Å². The van der Waals surface area contributed by atoms with E-state index in [1.807, 2.05) is 12.3 Å². The standard InChI is InChI=1S/C9H10N2S2/c1-6(10)8-5-13-9(11-8)7-2-3-12-4-7/h2-6H,10H2,1H3. The Bertz CT molecular complexity index is 376. The predicted molar refractivity (Wildman–Crippen MR) is 58.0 cm³/mol. The molecule has 0 aliphatic heterocycles. The fourth-order valence-corrected chi connectivity index (χ4v) is 2.65. The molecule has 2 rings (SSSR count). The molecule has 0 amide bonds. The maximum atomic E-state index is 5.73. The zero-order valence-electron chi connectivity index (χ0n) is 7.23. The Morgan fingerprint density at radius 3 is 2.85 bits per heavy atom. The average Bonchev–Trinajstić information content (AvgIpc) is 2.75. The Hall–Kier alpha value is -0.710. The Morgan fingerprint density at radius 1 is 1.46 bits per heavy atom. The van der Waals surface area contributed by atoms with Gasteiger partial charge < -0.3 is 5.73 Å². The van der Waals surface area contributed by atoms with Gasteiger partial charge in [-0.25, -0.2) is 4.98 Å². The molecule has 2 N–H and O–H groups in total. The van der Waals surface area contributed by atoms with E-state index in [9.17, 15) is 0 Å². The second-order valence-electron chi connectivity index (χ2n) is 2.88. The lowest BCUT2D eigenvalue weighted by Gasteiger charge is -1.96. The lowest BCUT2D eigenvalue weighted by Crippen LogP contribution is -2.04. The molecule has 2 aromatic heterocycles. The Morgan fingerprint density at radius 2 is 2.31 bits per heavy atom. The van der Waals surface area contributed by atoms with Crippen LogP contribution in [-0.2, 0) is 0 Å². The molecule has 2 heterocycles. The van der Waals surface area contributed by atoms with Gasteiger partial charge in [0, 0.05) is 22.4 Å². The zero-order valence-corrected chi connectivity index (χ0v) is 8.86. The number of rotatable bonds is 2. The molecule has 0 saturated heterocycles. The molecule has 4 heteroatoms. The molecule has 13 heavy (non-hydrogen) atoms. The number of thiophene rings is 1. The Labute approximate surface area is 85.1 Å². The largest absolute Gasteiger partial charge is 0.323 e. The van der Waals surface area contributed by atoms with Gasteiger partial charge in [0.1, 0.15) is 5.01 Å². The highest BCUT2D eigenvalue weighted by Crippen LogP contribution is 2.26. The first-order valence-corrected chi connectivity index (χ1v) is 5.83. The summed E-state index contributed by atoms with van der Waals surface area (Å²) in [5, 5.41) is 7.25. The molecular formula is C9H10N2S2. The van der Waals surface area contributed by atoms with Crippen molar-refractivity contribution >= 4 is 22.7 Å². The molecule has 1 atom stereocenters. The number of nitrogens with zero attached hydrogens (tertiary/aromatic N) is 1. The molecule has 0 bridgehead atoms. The normalized spacial score (nSPS) is 13.1. The van der Waals surface area contributed by atoms with Gasteiger partial charge in [-0.3, -0.25) is 0 Å². The molecule has 0 aliphatic rings. The first-order chi connectivity index (χ1) is 6.27. The Balaban J connectivity index is 2.33.